The van der Waals surface area contributed by atoms with Crippen molar-refractivity contribution < 1.29 is 19.1 Å². The van der Waals surface area contributed by atoms with Gasteiger partial charge in [-0.2, -0.15) is 0 Å². The monoisotopic (exact) mass is 490 g/mol. The molecule has 2 amide bonds. The van der Waals surface area contributed by atoms with Gasteiger partial charge in [-0.25, -0.2) is 0 Å². The maximum atomic E-state index is 12.4. The van der Waals surface area contributed by atoms with Crippen molar-refractivity contribution in [3.63, 3.8) is 0 Å². The van der Waals surface area contributed by atoms with E-state index < -0.39 is 0 Å². The lowest BCUT2D eigenvalue weighted by molar-refractivity contribution is 0.0950. The normalized spacial score (nSPS) is 10.5. The average Bonchev–Trinajstić information content (AvgIpc) is 3.22. The van der Waals surface area contributed by atoms with Crippen molar-refractivity contribution in [3.05, 3.63) is 68.1 Å². The zero-order valence-electron chi connectivity index (χ0n) is 16.3. The van der Waals surface area contributed by atoms with Crippen molar-refractivity contribution in [1.82, 2.24) is 15.5 Å². The van der Waals surface area contributed by atoms with Crippen LogP contribution >= 0.6 is 27.3 Å². The fraction of sp³-hybridized carbons (Fsp3) is 0.200. The van der Waals surface area contributed by atoms with E-state index in [0.29, 0.717) is 35.2 Å². The molecule has 0 saturated heterocycles. The Kier molecular flexibility index (Phi) is 7.50. The number of rotatable bonds is 8. The van der Waals surface area contributed by atoms with Crippen LogP contribution in [0.3, 0.4) is 0 Å². The molecule has 0 bridgehead atoms. The van der Waals surface area contributed by atoms with Crippen LogP contribution in [0.5, 0.6) is 5.75 Å². The minimum absolute atomic E-state index is 0.233. The van der Waals surface area contributed by atoms with E-state index in [1.165, 1.54) is 0 Å². The van der Waals surface area contributed by atoms with Crippen LogP contribution in [-0.2, 0) is 17.9 Å². The topological polar surface area (TPSA) is 102 Å². The summed E-state index contributed by atoms with van der Waals surface area (Å²) in [5, 5.41) is 14.2. The van der Waals surface area contributed by atoms with Crippen LogP contribution in [-0.4, -0.2) is 36.2 Å². The Hall–Kier alpha value is -2.82. The van der Waals surface area contributed by atoms with E-state index >= 15 is 0 Å². The highest BCUT2D eigenvalue weighted by molar-refractivity contribution is 9.10. The van der Waals surface area contributed by atoms with E-state index in [-0.39, 0.29) is 16.8 Å². The number of halogens is 1. The number of aromatic nitrogens is 2. The Bertz CT molecular complexity index is 1040. The summed E-state index contributed by atoms with van der Waals surface area (Å²) in [6.07, 6.45) is 0. The molecule has 2 aromatic carbocycles. The van der Waals surface area contributed by atoms with Crippen molar-refractivity contribution in [2.75, 3.05) is 19.5 Å². The lowest BCUT2D eigenvalue weighted by Crippen LogP contribution is -2.23. The van der Waals surface area contributed by atoms with Crippen LogP contribution in [0.15, 0.2) is 46.9 Å². The van der Waals surface area contributed by atoms with Gasteiger partial charge in [-0.15, -0.1) is 10.2 Å². The molecule has 0 fully saturated rings. The molecule has 1 heterocycles. The molecule has 0 aliphatic carbocycles. The highest BCUT2D eigenvalue weighted by Gasteiger charge is 2.14. The fourth-order valence-corrected chi connectivity index (χ4v) is 3.70. The summed E-state index contributed by atoms with van der Waals surface area (Å²) in [7, 11) is 3.13. The smallest absolute Gasteiger partial charge is 0.286 e. The van der Waals surface area contributed by atoms with Gasteiger partial charge in [-0.1, -0.05) is 27.3 Å². The molecule has 2 N–H and O–H groups in total. The first-order chi connectivity index (χ1) is 14.5. The van der Waals surface area contributed by atoms with Crippen LogP contribution < -0.4 is 15.4 Å². The van der Waals surface area contributed by atoms with Crippen molar-refractivity contribution in [2.24, 2.45) is 0 Å². The molecule has 0 aliphatic heterocycles. The van der Waals surface area contributed by atoms with Gasteiger partial charge in [0.15, 0.2) is 0 Å². The minimum atomic E-state index is -0.367. The second-order valence-electron chi connectivity index (χ2n) is 6.10. The number of nitrogens with zero attached hydrogens (tertiary/aromatic N) is 2. The molecule has 0 radical (unpaired) electrons. The van der Waals surface area contributed by atoms with E-state index in [4.69, 9.17) is 9.47 Å². The van der Waals surface area contributed by atoms with Crippen LogP contribution in [0, 0.1) is 0 Å². The van der Waals surface area contributed by atoms with Crippen LogP contribution in [0.1, 0.15) is 30.7 Å². The average molecular weight is 491 g/mol. The van der Waals surface area contributed by atoms with E-state index in [9.17, 15) is 9.59 Å². The number of carbonyl (C=O) groups excluding carboxylic acids is 2. The molecule has 10 heteroatoms. The lowest BCUT2D eigenvalue weighted by atomic mass is 10.1. The zero-order valence-corrected chi connectivity index (χ0v) is 18.7. The molecule has 0 unspecified atom stereocenters. The molecular formula is C20H19BrN4O4S. The first kappa shape index (κ1) is 21.9. The summed E-state index contributed by atoms with van der Waals surface area (Å²) < 4.78 is 11.2. The third-order valence-corrected chi connectivity index (χ3v) is 5.40. The summed E-state index contributed by atoms with van der Waals surface area (Å²) in [6, 6.07) is 12.2. The Labute approximate surface area is 185 Å². The van der Waals surface area contributed by atoms with Crippen molar-refractivity contribution in [1.29, 1.82) is 0 Å². The summed E-state index contributed by atoms with van der Waals surface area (Å²) in [5.41, 5.74) is 1.88. The summed E-state index contributed by atoms with van der Waals surface area (Å²) >= 11 is 4.58. The van der Waals surface area contributed by atoms with Gasteiger partial charge in [0, 0.05) is 34.9 Å². The number of nitrogens with one attached hydrogen (secondary N) is 2. The lowest BCUT2D eigenvalue weighted by Gasteiger charge is -2.11. The summed E-state index contributed by atoms with van der Waals surface area (Å²) in [6.45, 7) is 0.626. The number of ether oxygens (including phenoxy) is 2. The Morgan fingerprint density at radius 3 is 2.53 bits per heavy atom. The van der Waals surface area contributed by atoms with Gasteiger partial charge in [0.05, 0.1) is 13.7 Å². The van der Waals surface area contributed by atoms with Crippen molar-refractivity contribution in [2.45, 2.75) is 13.2 Å². The third kappa shape index (κ3) is 5.62. The predicted molar refractivity (Wildman–Crippen MR) is 117 cm³/mol. The van der Waals surface area contributed by atoms with E-state index in [1.807, 2.05) is 18.2 Å². The number of anilines is 1. The fourth-order valence-electron chi connectivity index (χ4n) is 2.58. The van der Waals surface area contributed by atoms with Crippen LogP contribution in [0.25, 0.3) is 0 Å². The Balaban J connectivity index is 1.58. The standard InChI is InChI=1S/C20H19BrN4O4S/c1-28-11-17-24-25-20(30-17)19(27)23-15-6-3-12(4-7-15)18(26)22-10-13-9-14(21)5-8-16(13)29-2/h3-9H,10-11H2,1-2H3,(H,22,26)(H,23,27). The van der Waals surface area contributed by atoms with Gasteiger partial charge in [0.25, 0.3) is 11.8 Å². The number of amides is 2. The molecule has 3 rings (SSSR count). The highest BCUT2D eigenvalue weighted by Crippen LogP contribution is 2.23. The Morgan fingerprint density at radius 1 is 1.07 bits per heavy atom. The number of carbonyl (C=O) groups is 2. The number of methoxy groups -OCH3 is 2. The number of hydrogen-bond acceptors (Lipinski definition) is 7. The van der Waals surface area contributed by atoms with Gasteiger partial charge in [-0.05, 0) is 42.5 Å². The van der Waals surface area contributed by atoms with E-state index in [2.05, 4.69) is 36.8 Å². The molecule has 0 saturated carbocycles. The molecule has 1 aromatic heterocycles. The second kappa shape index (κ2) is 10.3. The van der Waals surface area contributed by atoms with Crippen molar-refractivity contribution >= 4 is 44.8 Å². The molecule has 0 atom stereocenters. The first-order valence-electron chi connectivity index (χ1n) is 8.83. The van der Waals surface area contributed by atoms with Crippen LogP contribution in [0.2, 0.25) is 0 Å². The molecule has 0 spiro atoms. The Morgan fingerprint density at radius 2 is 1.83 bits per heavy atom. The van der Waals surface area contributed by atoms with E-state index in [1.54, 1.807) is 38.5 Å². The van der Waals surface area contributed by atoms with Gasteiger partial charge in [0.1, 0.15) is 10.8 Å². The molecule has 3 aromatic rings. The third-order valence-electron chi connectivity index (χ3n) is 4.02. The molecular weight excluding hydrogens is 472 g/mol. The van der Waals surface area contributed by atoms with Gasteiger partial charge in [0.2, 0.25) is 5.01 Å². The molecule has 8 nitrogen and oxygen atoms in total. The molecule has 30 heavy (non-hydrogen) atoms. The predicted octanol–water partition coefficient (Wildman–Crippen LogP) is 3.64. The highest BCUT2D eigenvalue weighted by atomic mass is 79.9. The minimum Gasteiger partial charge on any atom is -0.496 e. The first-order valence-corrected chi connectivity index (χ1v) is 10.4. The van der Waals surface area contributed by atoms with Crippen molar-refractivity contribution in [3.8, 4) is 5.75 Å². The number of benzene rings is 2. The maximum Gasteiger partial charge on any atom is 0.286 e. The molecule has 156 valence electrons. The van der Waals surface area contributed by atoms with Crippen LogP contribution in [0.4, 0.5) is 5.69 Å². The zero-order chi connectivity index (χ0) is 21.5. The second-order valence-corrected chi connectivity index (χ2v) is 8.08. The largest absolute Gasteiger partial charge is 0.496 e. The van der Waals surface area contributed by atoms with Gasteiger partial charge in [-0.3, -0.25) is 9.59 Å². The quantitative estimate of drug-likeness (QED) is 0.499. The summed E-state index contributed by atoms with van der Waals surface area (Å²) in [4.78, 5) is 24.7. The number of hydrogen-bond donors (Lipinski definition) is 2. The SMILES string of the molecule is COCc1nnc(C(=O)Nc2ccc(C(=O)NCc3cc(Br)ccc3OC)cc2)s1. The summed E-state index contributed by atoms with van der Waals surface area (Å²) in [5.74, 6) is 0.0962. The molecule has 0 aliphatic rings. The van der Waals surface area contributed by atoms with Gasteiger partial charge >= 0.3 is 0 Å². The maximum absolute atomic E-state index is 12.4. The van der Waals surface area contributed by atoms with E-state index in [0.717, 1.165) is 21.4 Å². The van der Waals surface area contributed by atoms with Gasteiger partial charge < -0.3 is 20.1 Å².